The maximum atomic E-state index is 12.8. The van der Waals surface area contributed by atoms with Gasteiger partial charge < -0.3 is 10.1 Å². The van der Waals surface area contributed by atoms with Crippen molar-refractivity contribution in [3.05, 3.63) is 28.5 Å². The molecule has 0 unspecified atom stereocenters. The highest BCUT2D eigenvalue weighted by molar-refractivity contribution is 9.10. The van der Waals surface area contributed by atoms with Gasteiger partial charge in [-0.1, -0.05) is 0 Å². The molecular formula is C10H12BrClFNO. The lowest BCUT2D eigenvalue weighted by atomic mass is 10.3. The summed E-state index contributed by atoms with van der Waals surface area (Å²) in [6.45, 7) is 1.85. The Bertz CT molecular complexity index is 331. The van der Waals surface area contributed by atoms with Crippen LogP contribution in [0.15, 0.2) is 22.7 Å². The third kappa shape index (κ3) is 3.33. The second-order valence-corrected chi connectivity index (χ2v) is 4.16. The fourth-order valence-corrected chi connectivity index (χ4v) is 1.92. The molecule has 1 aliphatic rings. The van der Waals surface area contributed by atoms with E-state index in [9.17, 15) is 4.39 Å². The molecule has 1 aliphatic heterocycles. The first-order valence-corrected chi connectivity index (χ1v) is 5.37. The van der Waals surface area contributed by atoms with E-state index in [1.807, 2.05) is 0 Å². The maximum Gasteiger partial charge on any atom is 0.134 e. The van der Waals surface area contributed by atoms with Crippen LogP contribution in [0.1, 0.15) is 6.42 Å². The Morgan fingerprint density at radius 1 is 1.47 bits per heavy atom. The van der Waals surface area contributed by atoms with E-state index in [2.05, 4.69) is 21.2 Å². The van der Waals surface area contributed by atoms with E-state index >= 15 is 0 Å². The van der Waals surface area contributed by atoms with E-state index in [-0.39, 0.29) is 24.3 Å². The van der Waals surface area contributed by atoms with Crippen molar-refractivity contribution in [3.8, 4) is 5.75 Å². The zero-order valence-corrected chi connectivity index (χ0v) is 10.4. The Labute approximate surface area is 103 Å². The summed E-state index contributed by atoms with van der Waals surface area (Å²) in [6.07, 6.45) is 1.21. The molecule has 0 aliphatic carbocycles. The van der Waals surface area contributed by atoms with Crippen molar-refractivity contribution in [3.63, 3.8) is 0 Å². The van der Waals surface area contributed by atoms with Crippen molar-refractivity contribution < 1.29 is 9.13 Å². The Hall–Kier alpha value is -0.320. The van der Waals surface area contributed by atoms with Gasteiger partial charge in [-0.15, -0.1) is 12.4 Å². The minimum Gasteiger partial charge on any atom is -0.488 e. The first kappa shape index (κ1) is 12.7. The lowest BCUT2D eigenvalue weighted by molar-refractivity contribution is 0.221. The molecule has 1 saturated heterocycles. The van der Waals surface area contributed by atoms with Crippen LogP contribution in [-0.2, 0) is 0 Å². The zero-order valence-electron chi connectivity index (χ0n) is 8.00. The van der Waals surface area contributed by atoms with Gasteiger partial charge >= 0.3 is 0 Å². The Balaban J connectivity index is 0.00000112. The predicted octanol–water partition coefficient (Wildman–Crippen LogP) is 2.75. The number of hydrogen-bond donors (Lipinski definition) is 1. The molecule has 0 amide bonds. The molecule has 1 atom stereocenters. The highest BCUT2D eigenvalue weighted by atomic mass is 79.9. The number of halogens is 3. The molecule has 15 heavy (non-hydrogen) atoms. The molecule has 1 heterocycles. The van der Waals surface area contributed by atoms with Gasteiger partial charge in [0.2, 0.25) is 0 Å². The number of benzene rings is 1. The molecule has 1 aromatic rings. The quantitative estimate of drug-likeness (QED) is 0.906. The topological polar surface area (TPSA) is 21.3 Å². The van der Waals surface area contributed by atoms with Gasteiger partial charge in [0.05, 0.1) is 4.47 Å². The van der Waals surface area contributed by atoms with Crippen molar-refractivity contribution >= 4 is 28.3 Å². The Morgan fingerprint density at radius 2 is 2.27 bits per heavy atom. The first-order chi connectivity index (χ1) is 6.75. The van der Waals surface area contributed by atoms with Crippen LogP contribution in [0, 0.1) is 5.82 Å². The van der Waals surface area contributed by atoms with Crippen molar-refractivity contribution in [2.24, 2.45) is 0 Å². The van der Waals surface area contributed by atoms with E-state index in [0.29, 0.717) is 10.2 Å². The first-order valence-electron chi connectivity index (χ1n) is 4.58. The fourth-order valence-electron chi connectivity index (χ4n) is 1.48. The van der Waals surface area contributed by atoms with Crippen LogP contribution < -0.4 is 10.1 Å². The second-order valence-electron chi connectivity index (χ2n) is 3.31. The van der Waals surface area contributed by atoms with E-state index < -0.39 is 0 Å². The molecule has 1 fully saturated rings. The monoisotopic (exact) mass is 295 g/mol. The number of hydrogen-bond acceptors (Lipinski definition) is 2. The molecule has 84 valence electrons. The van der Waals surface area contributed by atoms with E-state index in [0.717, 1.165) is 19.5 Å². The van der Waals surface area contributed by atoms with Crippen molar-refractivity contribution in [2.45, 2.75) is 12.5 Å². The summed E-state index contributed by atoms with van der Waals surface area (Å²) >= 11 is 3.27. The highest BCUT2D eigenvalue weighted by Crippen LogP contribution is 2.27. The van der Waals surface area contributed by atoms with Gasteiger partial charge in [-0.3, -0.25) is 0 Å². The van der Waals surface area contributed by atoms with Crippen molar-refractivity contribution in [1.82, 2.24) is 5.32 Å². The maximum absolute atomic E-state index is 12.8. The molecule has 5 heteroatoms. The SMILES string of the molecule is Cl.Fc1ccc(O[C@H]2CCNC2)c(Br)c1. The minimum absolute atomic E-state index is 0. The van der Waals surface area contributed by atoms with Crippen LogP contribution in [0.3, 0.4) is 0 Å². The van der Waals surface area contributed by atoms with Gasteiger partial charge in [0.15, 0.2) is 0 Å². The van der Waals surface area contributed by atoms with E-state index in [4.69, 9.17) is 4.74 Å². The molecule has 0 spiro atoms. The van der Waals surface area contributed by atoms with Crippen LogP contribution in [0.25, 0.3) is 0 Å². The highest BCUT2D eigenvalue weighted by Gasteiger charge is 2.16. The van der Waals surface area contributed by atoms with E-state index in [1.165, 1.54) is 12.1 Å². The van der Waals surface area contributed by atoms with Gasteiger partial charge in [0, 0.05) is 6.54 Å². The Morgan fingerprint density at radius 3 is 2.87 bits per heavy atom. The van der Waals surface area contributed by atoms with Gasteiger partial charge in [-0.05, 0) is 47.1 Å². The molecule has 0 bridgehead atoms. The summed E-state index contributed by atoms with van der Waals surface area (Å²) in [4.78, 5) is 0. The summed E-state index contributed by atoms with van der Waals surface area (Å²) in [5, 5.41) is 3.21. The summed E-state index contributed by atoms with van der Waals surface area (Å²) in [7, 11) is 0. The summed E-state index contributed by atoms with van der Waals surface area (Å²) in [6, 6.07) is 4.47. The van der Waals surface area contributed by atoms with Crippen LogP contribution in [-0.4, -0.2) is 19.2 Å². The minimum atomic E-state index is -0.256. The molecule has 2 rings (SSSR count). The Kier molecular flexibility index (Phi) is 4.83. The summed E-state index contributed by atoms with van der Waals surface area (Å²) < 4.78 is 19.1. The van der Waals surface area contributed by atoms with Gasteiger partial charge in [-0.25, -0.2) is 4.39 Å². The lowest BCUT2D eigenvalue weighted by Gasteiger charge is -2.13. The number of ether oxygens (including phenoxy) is 1. The normalized spacial score (nSPS) is 19.7. The summed E-state index contributed by atoms with van der Waals surface area (Å²) in [5.74, 6) is 0.453. The van der Waals surface area contributed by atoms with Crippen molar-refractivity contribution in [2.75, 3.05) is 13.1 Å². The zero-order chi connectivity index (χ0) is 9.97. The second kappa shape index (κ2) is 5.68. The molecule has 0 aromatic heterocycles. The fraction of sp³-hybridized carbons (Fsp3) is 0.400. The van der Waals surface area contributed by atoms with Crippen LogP contribution in [0.4, 0.5) is 4.39 Å². The molecular weight excluding hydrogens is 284 g/mol. The standard InChI is InChI=1S/C10H11BrFNO.ClH/c11-9-5-7(12)1-2-10(9)14-8-3-4-13-6-8;/h1-2,5,8,13H,3-4,6H2;1H/t8-;/m0./s1. The van der Waals surface area contributed by atoms with Crippen LogP contribution in [0.5, 0.6) is 5.75 Å². The number of rotatable bonds is 2. The van der Waals surface area contributed by atoms with Crippen LogP contribution >= 0.6 is 28.3 Å². The van der Waals surface area contributed by atoms with Crippen LogP contribution in [0.2, 0.25) is 0 Å². The van der Waals surface area contributed by atoms with Gasteiger partial charge in [0.25, 0.3) is 0 Å². The van der Waals surface area contributed by atoms with Crippen molar-refractivity contribution in [1.29, 1.82) is 0 Å². The average molecular weight is 297 g/mol. The molecule has 2 nitrogen and oxygen atoms in total. The predicted molar refractivity (Wildman–Crippen MR) is 63.3 cm³/mol. The molecule has 1 aromatic carbocycles. The lowest BCUT2D eigenvalue weighted by Crippen LogP contribution is -2.19. The average Bonchev–Trinajstić information content (AvgIpc) is 2.62. The van der Waals surface area contributed by atoms with Gasteiger partial charge in [-0.2, -0.15) is 0 Å². The third-order valence-electron chi connectivity index (χ3n) is 2.20. The third-order valence-corrected chi connectivity index (χ3v) is 2.82. The molecule has 0 radical (unpaired) electrons. The van der Waals surface area contributed by atoms with Gasteiger partial charge in [0.1, 0.15) is 17.7 Å². The molecule has 1 N–H and O–H groups in total. The summed E-state index contributed by atoms with van der Waals surface area (Å²) in [5.41, 5.74) is 0. The smallest absolute Gasteiger partial charge is 0.134 e. The molecule has 0 saturated carbocycles. The van der Waals surface area contributed by atoms with E-state index in [1.54, 1.807) is 6.07 Å². The number of nitrogens with one attached hydrogen (secondary N) is 1. The largest absolute Gasteiger partial charge is 0.488 e.